The molecule has 1 aromatic heterocycles. The molecule has 0 N–H and O–H groups in total. The molecule has 0 aromatic carbocycles. The van der Waals surface area contributed by atoms with Crippen LogP contribution >= 0.6 is 11.6 Å². The first-order valence-electron chi connectivity index (χ1n) is 5.15. The number of hydrogen-bond donors (Lipinski definition) is 0. The van der Waals surface area contributed by atoms with Crippen molar-refractivity contribution >= 4 is 23.9 Å². The van der Waals surface area contributed by atoms with Crippen LogP contribution in [-0.2, 0) is 14.0 Å². The first-order chi connectivity index (χ1) is 7.62. The molecule has 4 rings (SSSR count). The third kappa shape index (κ3) is 1.53. The molecule has 0 unspecified atom stereocenters. The van der Waals surface area contributed by atoms with Crippen LogP contribution in [0.4, 0.5) is 0 Å². The molecule has 3 fully saturated rings. The highest BCUT2D eigenvalue weighted by molar-refractivity contribution is 6.74. The minimum atomic E-state index is -1.90. The van der Waals surface area contributed by atoms with Gasteiger partial charge in [-0.05, 0) is 5.59 Å². The molecule has 86 valence electrons. The Balaban J connectivity index is 1.92. The van der Waals surface area contributed by atoms with Crippen LogP contribution in [0.2, 0.25) is 5.15 Å². The van der Waals surface area contributed by atoms with Crippen molar-refractivity contribution in [3.63, 3.8) is 0 Å². The van der Waals surface area contributed by atoms with Crippen LogP contribution in [0.3, 0.4) is 0 Å². The summed E-state index contributed by atoms with van der Waals surface area (Å²) in [6, 6.07) is 0. The Bertz CT molecular complexity index is 389. The first-order valence-corrected chi connectivity index (χ1v) is 5.53. The van der Waals surface area contributed by atoms with Gasteiger partial charge >= 0.3 is 6.75 Å². The Hall–Kier alpha value is -0.685. The van der Waals surface area contributed by atoms with Crippen molar-refractivity contribution in [2.45, 2.75) is 6.92 Å². The Kier molecular flexibility index (Phi) is 2.23. The first kappa shape index (κ1) is 10.5. The average Bonchev–Trinajstić information content (AvgIpc) is 2.31. The molecule has 0 radical (unpaired) electrons. The summed E-state index contributed by atoms with van der Waals surface area (Å²) < 4.78 is 17.0. The molecular formula is C9H11BClN2O3-. The van der Waals surface area contributed by atoms with Crippen molar-refractivity contribution in [3.05, 3.63) is 17.5 Å². The van der Waals surface area contributed by atoms with Gasteiger partial charge < -0.3 is 14.0 Å². The van der Waals surface area contributed by atoms with Gasteiger partial charge in [0.2, 0.25) is 0 Å². The van der Waals surface area contributed by atoms with Crippen LogP contribution in [0.5, 0.6) is 0 Å². The molecule has 0 saturated carbocycles. The van der Waals surface area contributed by atoms with E-state index < -0.39 is 6.75 Å². The Labute approximate surface area is 98.1 Å². The normalized spacial score (nSPS) is 37.6. The number of aromatic nitrogens is 2. The molecule has 0 amide bonds. The summed E-state index contributed by atoms with van der Waals surface area (Å²) >= 11 is 5.68. The molecule has 3 aliphatic rings. The molecular weight excluding hydrogens is 230 g/mol. The standard InChI is InChI=1S/C9H11BClN2O3/c1-9-4-14-10(15-5-9,16-6-9)7-2-13-8(11)3-12-7/h2-3H,4-6H2,1H3/q-1. The van der Waals surface area contributed by atoms with Crippen LogP contribution in [0.15, 0.2) is 12.4 Å². The van der Waals surface area contributed by atoms with E-state index in [0.717, 1.165) is 0 Å². The molecule has 16 heavy (non-hydrogen) atoms. The second-order valence-corrected chi connectivity index (χ2v) is 5.04. The molecule has 0 atom stereocenters. The van der Waals surface area contributed by atoms with Gasteiger partial charge in [0.1, 0.15) is 5.15 Å². The number of rotatable bonds is 1. The van der Waals surface area contributed by atoms with Crippen molar-refractivity contribution in [3.8, 4) is 0 Å². The quantitative estimate of drug-likeness (QED) is 0.665. The molecule has 3 saturated heterocycles. The third-order valence-electron chi connectivity index (χ3n) is 2.96. The van der Waals surface area contributed by atoms with Crippen LogP contribution in [0, 0.1) is 5.41 Å². The van der Waals surface area contributed by atoms with Gasteiger partial charge in [0, 0.05) is 31.4 Å². The molecule has 2 bridgehead atoms. The van der Waals surface area contributed by atoms with Crippen molar-refractivity contribution in [1.29, 1.82) is 0 Å². The van der Waals surface area contributed by atoms with Gasteiger partial charge in [-0.15, -0.1) is 0 Å². The summed E-state index contributed by atoms with van der Waals surface area (Å²) in [5.74, 6) is 0. The summed E-state index contributed by atoms with van der Waals surface area (Å²) in [6.07, 6.45) is 3.00. The highest BCUT2D eigenvalue weighted by Gasteiger charge is 2.47. The highest BCUT2D eigenvalue weighted by Crippen LogP contribution is 2.34. The van der Waals surface area contributed by atoms with E-state index >= 15 is 0 Å². The number of hydrogen-bond acceptors (Lipinski definition) is 5. The number of fused-ring (bicyclic) bond motifs is 3. The van der Waals surface area contributed by atoms with Gasteiger partial charge in [-0.2, -0.15) is 0 Å². The van der Waals surface area contributed by atoms with E-state index in [9.17, 15) is 0 Å². The highest BCUT2D eigenvalue weighted by atomic mass is 35.5. The van der Waals surface area contributed by atoms with E-state index in [0.29, 0.717) is 30.6 Å². The zero-order chi connectivity index (χ0) is 11.2. The fourth-order valence-electron chi connectivity index (χ4n) is 1.96. The summed E-state index contributed by atoms with van der Waals surface area (Å²) in [6.45, 7) is 2.04. The van der Waals surface area contributed by atoms with Gasteiger partial charge in [-0.25, -0.2) is 4.98 Å². The average molecular weight is 241 g/mol. The Morgan fingerprint density at radius 1 is 1.19 bits per heavy atom. The summed E-state index contributed by atoms with van der Waals surface area (Å²) in [4.78, 5) is 8.11. The van der Waals surface area contributed by atoms with Crippen molar-refractivity contribution in [2.75, 3.05) is 19.8 Å². The maximum absolute atomic E-state index is 5.68. The zero-order valence-corrected chi connectivity index (χ0v) is 9.61. The predicted molar refractivity (Wildman–Crippen MR) is 58.4 cm³/mol. The summed E-state index contributed by atoms with van der Waals surface area (Å²) in [5, 5.41) is 0.340. The maximum Gasteiger partial charge on any atom is 0.429 e. The molecule has 3 aliphatic heterocycles. The van der Waals surface area contributed by atoms with E-state index in [1.165, 1.54) is 12.4 Å². The predicted octanol–water partition coefficient (Wildman–Crippen LogP) is 0.359. The van der Waals surface area contributed by atoms with Crippen LogP contribution in [0.25, 0.3) is 0 Å². The van der Waals surface area contributed by atoms with Crippen LogP contribution in [-0.4, -0.2) is 36.5 Å². The SMILES string of the molecule is CC12CO[B-](c3cnc(Cl)cn3)(OC1)OC2. The third-order valence-corrected chi connectivity index (χ3v) is 3.15. The second-order valence-electron chi connectivity index (χ2n) is 4.65. The van der Waals surface area contributed by atoms with Gasteiger partial charge in [0.15, 0.2) is 0 Å². The largest absolute Gasteiger partial charge is 0.539 e. The Morgan fingerprint density at radius 3 is 2.31 bits per heavy atom. The van der Waals surface area contributed by atoms with E-state index in [-0.39, 0.29) is 5.41 Å². The van der Waals surface area contributed by atoms with E-state index in [2.05, 4.69) is 16.9 Å². The monoisotopic (exact) mass is 241 g/mol. The van der Waals surface area contributed by atoms with E-state index in [1.807, 2.05) is 0 Å². The number of nitrogens with zero attached hydrogens (tertiary/aromatic N) is 2. The van der Waals surface area contributed by atoms with Gasteiger partial charge in [-0.3, -0.25) is 4.98 Å². The maximum atomic E-state index is 5.68. The van der Waals surface area contributed by atoms with E-state index in [4.69, 9.17) is 25.6 Å². The lowest BCUT2D eigenvalue weighted by atomic mass is 9.68. The zero-order valence-electron chi connectivity index (χ0n) is 8.85. The Morgan fingerprint density at radius 2 is 1.81 bits per heavy atom. The van der Waals surface area contributed by atoms with Gasteiger partial charge in [-0.1, -0.05) is 18.5 Å². The molecule has 4 heterocycles. The lowest BCUT2D eigenvalue weighted by Gasteiger charge is -2.57. The minimum Gasteiger partial charge on any atom is -0.539 e. The van der Waals surface area contributed by atoms with Crippen LogP contribution < -0.4 is 5.59 Å². The fourth-order valence-corrected chi connectivity index (χ4v) is 2.06. The van der Waals surface area contributed by atoms with Crippen molar-refractivity contribution in [1.82, 2.24) is 9.97 Å². The topological polar surface area (TPSA) is 53.5 Å². The lowest BCUT2D eigenvalue weighted by molar-refractivity contribution is -0.119. The molecule has 1 aromatic rings. The van der Waals surface area contributed by atoms with Gasteiger partial charge in [0.05, 0.1) is 6.20 Å². The number of halogens is 1. The smallest absolute Gasteiger partial charge is 0.429 e. The van der Waals surface area contributed by atoms with Crippen molar-refractivity contribution < 1.29 is 14.0 Å². The molecule has 0 aliphatic carbocycles. The second kappa shape index (κ2) is 3.40. The minimum absolute atomic E-state index is 0.0383. The van der Waals surface area contributed by atoms with Crippen molar-refractivity contribution in [2.24, 2.45) is 5.41 Å². The lowest BCUT2D eigenvalue weighted by Crippen LogP contribution is -2.69. The molecule has 5 nitrogen and oxygen atoms in total. The summed E-state index contributed by atoms with van der Waals surface area (Å²) in [7, 11) is 0. The van der Waals surface area contributed by atoms with E-state index in [1.54, 1.807) is 0 Å². The van der Waals surface area contributed by atoms with Gasteiger partial charge in [0.25, 0.3) is 0 Å². The summed E-state index contributed by atoms with van der Waals surface area (Å²) in [5.41, 5.74) is 0.523. The van der Waals surface area contributed by atoms with Crippen LogP contribution in [0.1, 0.15) is 6.92 Å². The fraction of sp³-hybridized carbons (Fsp3) is 0.556. The molecule has 0 spiro atoms. The molecule has 7 heteroatoms.